The molecular formula is C15H21NO3. The van der Waals surface area contributed by atoms with Gasteiger partial charge in [-0.2, -0.15) is 0 Å². The van der Waals surface area contributed by atoms with Gasteiger partial charge in [-0.15, -0.1) is 0 Å². The van der Waals surface area contributed by atoms with E-state index in [1.54, 1.807) is 7.11 Å². The van der Waals surface area contributed by atoms with Gasteiger partial charge < -0.3 is 15.2 Å². The highest BCUT2D eigenvalue weighted by atomic mass is 16.5. The van der Waals surface area contributed by atoms with Gasteiger partial charge in [0.05, 0.1) is 13.0 Å². The molecule has 0 heterocycles. The van der Waals surface area contributed by atoms with Crippen molar-refractivity contribution in [3.05, 3.63) is 28.8 Å². The lowest BCUT2D eigenvalue weighted by Crippen LogP contribution is -2.21. The van der Waals surface area contributed by atoms with Crippen molar-refractivity contribution >= 4 is 5.97 Å². The summed E-state index contributed by atoms with van der Waals surface area (Å²) in [6.45, 7) is 4.10. The van der Waals surface area contributed by atoms with E-state index in [-0.39, 0.29) is 17.9 Å². The Morgan fingerprint density at radius 1 is 1.42 bits per heavy atom. The van der Waals surface area contributed by atoms with Crippen LogP contribution in [0.15, 0.2) is 12.1 Å². The van der Waals surface area contributed by atoms with Gasteiger partial charge in [-0.05, 0) is 56.0 Å². The number of methoxy groups -OCH3 is 1. The van der Waals surface area contributed by atoms with Crippen molar-refractivity contribution in [3.63, 3.8) is 0 Å². The highest BCUT2D eigenvalue weighted by Crippen LogP contribution is 2.48. The minimum absolute atomic E-state index is 0.103. The largest absolute Gasteiger partial charge is 0.496 e. The van der Waals surface area contributed by atoms with Crippen LogP contribution in [0.25, 0.3) is 0 Å². The first-order chi connectivity index (χ1) is 9.01. The molecule has 2 rings (SSSR count). The fourth-order valence-corrected chi connectivity index (χ4v) is 2.84. The Labute approximate surface area is 113 Å². The van der Waals surface area contributed by atoms with E-state index in [9.17, 15) is 4.79 Å². The van der Waals surface area contributed by atoms with Gasteiger partial charge in [0.2, 0.25) is 0 Å². The number of carboxylic acids is 1. The molecule has 0 radical (unpaired) electrons. The molecule has 104 valence electrons. The predicted molar refractivity (Wildman–Crippen MR) is 73.5 cm³/mol. The molecule has 1 aromatic carbocycles. The van der Waals surface area contributed by atoms with E-state index in [2.05, 4.69) is 12.2 Å². The lowest BCUT2D eigenvalue weighted by atomic mass is 9.93. The summed E-state index contributed by atoms with van der Waals surface area (Å²) in [7, 11) is 3.55. The van der Waals surface area contributed by atoms with E-state index >= 15 is 0 Å². The van der Waals surface area contributed by atoms with E-state index in [1.807, 2.05) is 26.1 Å². The second-order valence-electron chi connectivity index (χ2n) is 5.22. The molecule has 0 amide bonds. The zero-order chi connectivity index (χ0) is 14.2. The molecule has 1 saturated carbocycles. The summed E-state index contributed by atoms with van der Waals surface area (Å²) in [5, 5.41) is 12.3. The monoisotopic (exact) mass is 263 g/mol. The third-order valence-electron chi connectivity index (χ3n) is 4.23. The summed E-state index contributed by atoms with van der Waals surface area (Å²) >= 11 is 0. The van der Waals surface area contributed by atoms with Crippen molar-refractivity contribution in [2.45, 2.75) is 26.3 Å². The Hall–Kier alpha value is -1.55. The number of carbonyl (C=O) groups is 1. The fourth-order valence-electron chi connectivity index (χ4n) is 2.84. The van der Waals surface area contributed by atoms with Crippen molar-refractivity contribution in [1.82, 2.24) is 5.32 Å². The number of benzene rings is 1. The number of hydrogen-bond acceptors (Lipinski definition) is 3. The molecule has 19 heavy (non-hydrogen) atoms. The average molecular weight is 263 g/mol. The third-order valence-corrected chi connectivity index (χ3v) is 4.23. The van der Waals surface area contributed by atoms with Crippen molar-refractivity contribution < 1.29 is 14.6 Å². The number of rotatable bonds is 5. The lowest BCUT2D eigenvalue weighted by Gasteiger charge is -2.21. The molecule has 4 nitrogen and oxygen atoms in total. The van der Waals surface area contributed by atoms with Crippen LogP contribution in [0.3, 0.4) is 0 Å². The molecule has 1 aliphatic rings. The Bertz CT molecular complexity index is 498. The fraction of sp³-hybridized carbons (Fsp3) is 0.533. The van der Waals surface area contributed by atoms with Crippen LogP contribution in [0.4, 0.5) is 0 Å². The van der Waals surface area contributed by atoms with Crippen LogP contribution in [0, 0.1) is 25.7 Å². The maximum Gasteiger partial charge on any atom is 0.306 e. The molecular weight excluding hydrogens is 242 g/mol. The summed E-state index contributed by atoms with van der Waals surface area (Å²) in [6, 6.07) is 4.10. The predicted octanol–water partition coefficient (Wildman–Crippen LogP) is 2.29. The van der Waals surface area contributed by atoms with E-state index in [1.165, 1.54) is 11.1 Å². The average Bonchev–Trinajstić information content (AvgIpc) is 3.16. The highest BCUT2D eigenvalue weighted by Gasteiger charge is 2.48. The topological polar surface area (TPSA) is 58.6 Å². The molecule has 1 aliphatic carbocycles. The second-order valence-corrected chi connectivity index (χ2v) is 5.22. The lowest BCUT2D eigenvalue weighted by molar-refractivity contribution is -0.138. The first kappa shape index (κ1) is 13.9. The minimum Gasteiger partial charge on any atom is -0.496 e. The quantitative estimate of drug-likeness (QED) is 0.855. The summed E-state index contributed by atoms with van der Waals surface area (Å²) in [4.78, 5) is 11.0. The molecule has 4 heteroatoms. The first-order valence-corrected chi connectivity index (χ1v) is 6.55. The van der Waals surface area contributed by atoms with E-state index in [0.29, 0.717) is 0 Å². The maximum atomic E-state index is 11.0. The van der Waals surface area contributed by atoms with Crippen LogP contribution >= 0.6 is 0 Å². The van der Waals surface area contributed by atoms with Gasteiger partial charge in [-0.25, -0.2) is 0 Å². The van der Waals surface area contributed by atoms with Crippen molar-refractivity contribution in [2.24, 2.45) is 11.8 Å². The van der Waals surface area contributed by atoms with E-state index in [4.69, 9.17) is 9.84 Å². The summed E-state index contributed by atoms with van der Waals surface area (Å²) in [5.41, 5.74) is 3.47. The SMILES string of the molecule is CNC(c1ccc(OC)c(C)c1C)C1CC1C(=O)O. The van der Waals surface area contributed by atoms with Crippen LogP contribution in [0.2, 0.25) is 0 Å². The molecule has 2 N–H and O–H groups in total. The highest BCUT2D eigenvalue weighted by molar-refractivity contribution is 5.73. The van der Waals surface area contributed by atoms with Gasteiger partial charge in [-0.3, -0.25) is 4.79 Å². The van der Waals surface area contributed by atoms with Crippen LogP contribution < -0.4 is 10.1 Å². The van der Waals surface area contributed by atoms with Gasteiger partial charge in [0, 0.05) is 6.04 Å². The molecule has 1 fully saturated rings. The molecule has 0 bridgehead atoms. The molecule has 1 aromatic rings. The number of ether oxygens (including phenoxy) is 1. The van der Waals surface area contributed by atoms with Gasteiger partial charge >= 0.3 is 5.97 Å². The minimum atomic E-state index is -0.687. The van der Waals surface area contributed by atoms with E-state index < -0.39 is 5.97 Å². The number of carboxylic acid groups (broad SMARTS) is 1. The van der Waals surface area contributed by atoms with Crippen molar-refractivity contribution in [3.8, 4) is 5.75 Å². The van der Waals surface area contributed by atoms with Crippen molar-refractivity contribution in [1.29, 1.82) is 0 Å². The Balaban J connectivity index is 2.30. The Morgan fingerprint density at radius 2 is 2.11 bits per heavy atom. The van der Waals surface area contributed by atoms with Crippen molar-refractivity contribution in [2.75, 3.05) is 14.2 Å². The molecule has 3 unspecified atom stereocenters. The van der Waals surface area contributed by atoms with Crippen LogP contribution in [-0.2, 0) is 4.79 Å². The molecule has 3 atom stereocenters. The Kier molecular flexibility index (Phi) is 3.80. The summed E-state index contributed by atoms with van der Waals surface area (Å²) in [6.07, 6.45) is 0.755. The van der Waals surface area contributed by atoms with Gasteiger partial charge in [-0.1, -0.05) is 6.07 Å². The third kappa shape index (κ3) is 2.45. The molecule has 0 spiro atoms. The summed E-state index contributed by atoms with van der Waals surface area (Å²) in [5.74, 6) is 0.170. The zero-order valence-electron chi connectivity index (χ0n) is 11.9. The van der Waals surface area contributed by atoms with Gasteiger partial charge in [0.15, 0.2) is 0 Å². The number of aliphatic carboxylic acids is 1. The normalized spacial score (nSPS) is 22.9. The number of hydrogen-bond donors (Lipinski definition) is 2. The zero-order valence-corrected chi connectivity index (χ0v) is 11.9. The molecule has 0 aliphatic heterocycles. The van der Waals surface area contributed by atoms with E-state index in [0.717, 1.165) is 17.7 Å². The standard InChI is InChI=1S/C15H21NO3/c1-8-9(2)13(19-4)6-5-10(8)14(16-3)11-7-12(11)15(17)18/h5-6,11-12,14,16H,7H2,1-4H3,(H,17,18). The second kappa shape index (κ2) is 5.21. The Morgan fingerprint density at radius 3 is 2.58 bits per heavy atom. The van der Waals surface area contributed by atoms with Gasteiger partial charge in [0.1, 0.15) is 5.75 Å². The number of nitrogens with one attached hydrogen (secondary N) is 1. The smallest absolute Gasteiger partial charge is 0.306 e. The maximum absolute atomic E-state index is 11.0. The molecule has 0 saturated heterocycles. The van der Waals surface area contributed by atoms with Gasteiger partial charge in [0.25, 0.3) is 0 Å². The van der Waals surface area contributed by atoms with Crippen LogP contribution in [0.1, 0.15) is 29.2 Å². The summed E-state index contributed by atoms with van der Waals surface area (Å²) < 4.78 is 5.32. The first-order valence-electron chi connectivity index (χ1n) is 6.55. The van der Waals surface area contributed by atoms with Crippen LogP contribution in [0.5, 0.6) is 5.75 Å². The molecule has 0 aromatic heterocycles. The van der Waals surface area contributed by atoms with Crippen LogP contribution in [-0.4, -0.2) is 25.2 Å².